The third-order valence-electron chi connectivity index (χ3n) is 9.55. The number of ketones is 2. The quantitative estimate of drug-likeness (QED) is 0.286. The molecule has 2 aliphatic heterocycles. The van der Waals surface area contributed by atoms with Crippen molar-refractivity contribution < 1.29 is 43.5 Å². The Labute approximate surface area is 287 Å². The lowest BCUT2D eigenvalue weighted by Gasteiger charge is -2.39. The van der Waals surface area contributed by atoms with Crippen molar-refractivity contribution in [3.8, 4) is 28.7 Å². The van der Waals surface area contributed by atoms with E-state index in [1.165, 1.54) is 39.5 Å². The van der Waals surface area contributed by atoms with Crippen LogP contribution in [-0.4, -0.2) is 83.7 Å². The van der Waals surface area contributed by atoms with E-state index in [-0.39, 0.29) is 69.7 Å². The van der Waals surface area contributed by atoms with Gasteiger partial charge >= 0.3 is 0 Å². The molecule has 13 nitrogen and oxygen atoms in total. The van der Waals surface area contributed by atoms with Crippen LogP contribution in [0.4, 0.5) is 5.95 Å². The number of piperidine rings is 1. The number of phenolic OH excluding ortho intramolecular Hbond substituents is 1. The van der Waals surface area contributed by atoms with Crippen molar-refractivity contribution >= 4 is 35.0 Å². The summed E-state index contributed by atoms with van der Waals surface area (Å²) in [6.07, 6.45) is 4.21. The van der Waals surface area contributed by atoms with Crippen molar-refractivity contribution in [1.82, 2.24) is 15.3 Å². The molecule has 3 aliphatic rings. The minimum atomic E-state index is -2.03. The van der Waals surface area contributed by atoms with Gasteiger partial charge in [-0.1, -0.05) is 24.6 Å². The van der Waals surface area contributed by atoms with E-state index < -0.39 is 34.8 Å². The number of hydrogen-bond donors (Lipinski definition) is 3. The van der Waals surface area contributed by atoms with Crippen LogP contribution in [0.15, 0.2) is 54.1 Å². The average Bonchev–Trinajstić information content (AvgIpc) is 3.42. The zero-order chi connectivity index (χ0) is 35.0. The smallest absolute Gasteiger partial charge is 0.231 e. The summed E-state index contributed by atoms with van der Waals surface area (Å²) >= 11 is 6.60. The van der Waals surface area contributed by atoms with Gasteiger partial charge in [-0.2, -0.15) is 0 Å². The number of nitrogens with one attached hydrogen (secondary N) is 1. The van der Waals surface area contributed by atoms with Crippen LogP contribution in [0.1, 0.15) is 54.4 Å². The number of methoxy groups -OCH3 is 3. The van der Waals surface area contributed by atoms with E-state index in [2.05, 4.69) is 15.3 Å². The third kappa shape index (κ3) is 5.85. The minimum absolute atomic E-state index is 0.00560. The number of aliphatic hydroxyl groups excluding tert-OH is 1. The van der Waals surface area contributed by atoms with Gasteiger partial charge in [-0.3, -0.25) is 14.4 Å². The van der Waals surface area contributed by atoms with Crippen LogP contribution in [-0.2, 0) is 9.59 Å². The molecule has 1 spiro atoms. The number of allylic oxidation sites excluding steroid dienone is 1. The Morgan fingerprint density at radius 2 is 1.73 bits per heavy atom. The van der Waals surface area contributed by atoms with Gasteiger partial charge in [-0.15, -0.1) is 0 Å². The number of carbonyl (C=O) groups is 3. The SMILES string of the molecule is COc1cc(C(CC(=O)NC2CCN(c3ncccn3)CC2)C2=C(O)[C@@]3(Oc4c(Cl)c(OC)cc(OC)c4C3=O)[C@H](C)CC2=O)ccc1O. The molecule has 3 heterocycles. The second-order valence-electron chi connectivity index (χ2n) is 12.3. The predicted octanol–water partition coefficient (Wildman–Crippen LogP) is 4.56. The lowest BCUT2D eigenvalue weighted by molar-refractivity contribution is -0.122. The number of aromatic hydroxyl groups is 1. The molecular weight excluding hydrogens is 656 g/mol. The van der Waals surface area contributed by atoms with Crippen LogP contribution < -0.4 is 29.2 Å². The Bertz CT molecular complexity index is 1830. The first-order chi connectivity index (χ1) is 23.5. The maximum Gasteiger partial charge on any atom is 0.231 e. The van der Waals surface area contributed by atoms with E-state index >= 15 is 0 Å². The number of benzene rings is 2. The molecule has 1 amide bonds. The number of ether oxygens (including phenoxy) is 4. The van der Waals surface area contributed by atoms with Gasteiger partial charge < -0.3 is 39.4 Å². The molecule has 1 aromatic heterocycles. The Balaban J connectivity index is 1.36. The number of Topliss-reactive ketones (excluding diaryl/α,β-unsaturated/α-hetero) is 2. The molecule has 49 heavy (non-hydrogen) atoms. The van der Waals surface area contributed by atoms with Gasteiger partial charge in [-0.25, -0.2) is 9.97 Å². The number of hydrogen-bond acceptors (Lipinski definition) is 12. The topological polar surface area (TPSA) is 170 Å². The summed E-state index contributed by atoms with van der Waals surface area (Å²) in [6.45, 7) is 2.90. The van der Waals surface area contributed by atoms with Crippen LogP contribution in [0.2, 0.25) is 5.02 Å². The fourth-order valence-corrected chi connectivity index (χ4v) is 7.25. The molecule has 2 aromatic carbocycles. The van der Waals surface area contributed by atoms with E-state index in [0.717, 1.165) is 0 Å². The molecular formula is C35H37ClN4O9. The van der Waals surface area contributed by atoms with Crippen LogP contribution in [0.25, 0.3) is 0 Å². The first-order valence-corrected chi connectivity index (χ1v) is 16.2. The summed E-state index contributed by atoms with van der Waals surface area (Å²) in [6, 6.07) is 7.48. The fraction of sp³-hybridized carbons (Fsp3) is 0.400. The van der Waals surface area contributed by atoms with E-state index in [4.69, 9.17) is 30.5 Å². The Kier molecular flexibility index (Phi) is 9.30. The molecule has 0 radical (unpaired) electrons. The first-order valence-electron chi connectivity index (χ1n) is 15.9. The second kappa shape index (κ2) is 13.5. The number of aromatic nitrogens is 2. The van der Waals surface area contributed by atoms with Crippen LogP contribution >= 0.6 is 11.6 Å². The van der Waals surface area contributed by atoms with E-state index in [1.54, 1.807) is 31.5 Å². The summed E-state index contributed by atoms with van der Waals surface area (Å²) < 4.78 is 22.5. The number of phenols is 1. The molecule has 3 aromatic rings. The van der Waals surface area contributed by atoms with Gasteiger partial charge in [-0.05, 0) is 36.6 Å². The summed E-state index contributed by atoms with van der Waals surface area (Å²) in [5.74, 6) is -3.09. The van der Waals surface area contributed by atoms with Crippen LogP contribution in [0.5, 0.6) is 28.7 Å². The van der Waals surface area contributed by atoms with Crippen LogP contribution in [0.3, 0.4) is 0 Å². The molecule has 3 N–H and O–H groups in total. The number of fused-ring (bicyclic) bond motifs is 1. The van der Waals surface area contributed by atoms with Crippen molar-refractivity contribution in [1.29, 1.82) is 0 Å². The van der Waals surface area contributed by atoms with Gasteiger partial charge in [0.05, 0.1) is 21.3 Å². The fourth-order valence-electron chi connectivity index (χ4n) is 6.99. The molecule has 1 aliphatic carbocycles. The number of nitrogens with zero attached hydrogens (tertiary/aromatic N) is 3. The maximum absolute atomic E-state index is 14.3. The molecule has 0 bridgehead atoms. The number of aliphatic hydroxyl groups is 1. The monoisotopic (exact) mass is 692 g/mol. The molecule has 14 heteroatoms. The van der Waals surface area contributed by atoms with Crippen molar-refractivity contribution in [2.45, 2.75) is 50.2 Å². The van der Waals surface area contributed by atoms with Gasteiger partial charge in [0.25, 0.3) is 0 Å². The van der Waals surface area contributed by atoms with E-state index in [9.17, 15) is 24.6 Å². The highest BCUT2D eigenvalue weighted by Crippen LogP contribution is 2.56. The normalized spacial score (nSPS) is 21.3. The van der Waals surface area contributed by atoms with Gasteiger partial charge in [0.2, 0.25) is 23.2 Å². The summed E-state index contributed by atoms with van der Waals surface area (Å²) in [4.78, 5) is 52.7. The highest BCUT2D eigenvalue weighted by Gasteiger charge is 2.61. The summed E-state index contributed by atoms with van der Waals surface area (Å²) in [7, 11) is 4.15. The Hall–Kier alpha value is -5.04. The molecule has 3 atom stereocenters. The van der Waals surface area contributed by atoms with Gasteiger partial charge in [0.15, 0.2) is 28.8 Å². The molecule has 1 saturated heterocycles. The zero-order valence-corrected chi connectivity index (χ0v) is 28.2. The minimum Gasteiger partial charge on any atom is -0.507 e. The molecule has 0 saturated carbocycles. The molecule has 1 fully saturated rings. The lowest BCUT2D eigenvalue weighted by Crippen LogP contribution is -2.53. The maximum atomic E-state index is 14.3. The van der Waals surface area contributed by atoms with Crippen molar-refractivity contribution in [2.24, 2.45) is 5.92 Å². The largest absolute Gasteiger partial charge is 0.507 e. The molecule has 1 unspecified atom stereocenters. The zero-order valence-electron chi connectivity index (χ0n) is 27.5. The van der Waals surface area contributed by atoms with Crippen LogP contribution in [0, 0.1) is 5.92 Å². The highest BCUT2D eigenvalue weighted by atomic mass is 35.5. The van der Waals surface area contributed by atoms with Crippen molar-refractivity contribution in [3.05, 3.63) is 70.2 Å². The standard InChI is InChI=1S/C35H37ClN4O9/c1-18-14-23(42)28(32(44)35(18)33(45)29-25(47-3)17-26(48-4)30(36)31(29)49-35)21(19-6-7-22(41)24(15-19)46-2)16-27(43)39-20-8-12-40(13-9-20)34-37-10-5-11-38-34/h5-7,10-11,15,17-18,20-21,41,44H,8-9,12-14,16H2,1-4H3,(H,39,43)/t18-,21?,35+/m1/s1. The summed E-state index contributed by atoms with van der Waals surface area (Å²) in [5, 5.41) is 25.6. The number of rotatable bonds is 9. The third-order valence-corrected chi connectivity index (χ3v) is 9.91. The molecule has 6 rings (SSSR count). The van der Waals surface area contributed by atoms with Gasteiger partial charge in [0, 0.05) is 67.8 Å². The first kappa shape index (κ1) is 33.8. The number of carbonyl (C=O) groups excluding carboxylic acids is 3. The van der Waals surface area contributed by atoms with Crippen molar-refractivity contribution in [2.75, 3.05) is 39.3 Å². The van der Waals surface area contributed by atoms with E-state index in [1.807, 2.05) is 4.90 Å². The number of amides is 1. The molecule has 258 valence electrons. The number of anilines is 1. The number of halogens is 1. The summed E-state index contributed by atoms with van der Waals surface area (Å²) in [5.41, 5.74) is -1.77. The Morgan fingerprint density at radius 1 is 1.06 bits per heavy atom. The van der Waals surface area contributed by atoms with Gasteiger partial charge in [0.1, 0.15) is 22.1 Å². The highest BCUT2D eigenvalue weighted by molar-refractivity contribution is 6.35. The lowest BCUT2D eigenvalue weighted by atomic mass is 9.69. The second-order valence-corrected chi connectivity index (χ2v) is 12.7. The van der Waals surface area contributed by atoms with Crippen molar-refractivity contribution in [3.63, 3.8) is 0 Å². The van der Waals surface area contributed by atoms with E-state index in [0.29, 0.717) is 37.4 Å². The average molecular weight is 693 g/mol. The Morgan fingerprint density at radius 3 is 2.39 bits per heavy atom. The predicted molar refractivity (Wildman–Crippen MR) is 178 cm³/mol.